The Balaban J connectivity index is 1.51. The van der Waals surface area contributed by atoms with Crippen LogP contribution in [0.1, 0.15) is 30.0 Å². The summed E-state index contributed by atoms with van der Waals surface area (Å²) in [6.45, 7) is 2.56. The average molecular weight is 537 g/mol. The Morgan fingerprint density at radius 3 is 2.31 bits per heavy atom. The SMILES string of the molecule is CCCN(CC(=O)N(CCc1c[nH]c2ccccc12)Cc1ccccc1)C(=O)Nc1ccccc1C(F)(F)F. The van der Waals surface area contributed by atoms with Gasteiger partial charge in [-0.2, -0.15) is 13.2 Å². The maximum absolute atomic E-state index is 13.6. The van der Waals surface area contributed by atoms with Gasteiger partial charge in [-0.05, 0) is 42.2 Å². The molecule has 0 fully saturated rings. The van der Waals surface area contributed by atoms with Crippen molar-refractivity contribution in [2.24, 2.45) is 0 Å². The molecule has 0 unspecified atom stereocenters. The first-order valence-electron chi connectivity index (χ1n) is 12.8. The lowest BCUT2D eigenvalue weighted by molar-refractivity contribution is -0.137. The molecule has 3 amide bonds. The van der Waals surface area contributed by atoms with Crippen LogP contribution in [-0.2, 0) is 23.9 Å². The summed E-state index contributed by atoms with van der Waals surface area (Å²) < 4.78 is 40.3. The molecule has 1 heterocycles. The Labute approximate surface area is 225 Å². The number of amides is 3. The number of para-hydroxylation sites is 2. The van der Waals surface area contributed by atoms with Gasteiger partial charge in [0.2, 0.25) is 5.91 Å². The number of urea groups is 1. The van der Waals surface area contributed by atoms with Crippen LogP contribution in [0.3, 0.4) is 0 Å². The summed E-state index contributed by atoms with van der Waals surface area (Å²) >= 11 is 0. The summed E-state index contributed by atoms with van der Waals surface area (Å²) in [5.41, 5.74) is 1.74. The maximum Gasteiger partial charge on any atom is 0.418 e. The highest BCUT2D eigenvalue weighted by molar-refractivity contribution is 5.93. The number of hydrogen-bond donors (Lipinski definition) is 2. The molecule has 0 spiro atoms. The van der Waals surface area contributed by atoms with E-state index in [0.717, 1.165) is 28.1 Å². The highest BCUT2D eigenvalue weighted by atomic mass is 19.4. The molecule has 39 heavy (non-hydrogen) atoms. The molecular formula is C30H31F3N4O2. The first-order chi connectivity index (χ1) is 18.8. The molecule has 0 radical (unpaired) electrons. The molecule has 9 heteroatoms. The fourth-order valence-electron chi connectivity index (χ4n) is 4.51. The van der Waals surface area contributed by atoms with Crippen molar-refractivity contribution in [2.45, 2.75) is 32.5 Å². The van der Waals surface area contributed by atoms with Crippen LogP contribution in [0, 0.1) is 0 Å². The number of carbonyl (C=O) groups is 2. The molecule has 0 aliphatic heterocycles. The molecule has 1 aromatic heterocycles. The minimum Gasteiger partial charge on any atom is -0.361 e. The van der Waals surface area contributed by atoms with Crippen molar-refractivity contribution in [3.05, 3.63) is 102 Å². The minimum atomic E-state index is -4.62. The molecular weight excluding hydrogens is 505 g/mol. The summed E-state index contributed by atoms with van der Waals surface area (Å²) in [7, 11) is 0. The van der Waals surface area contributed by atoms with E-state index in [0.29, 0.717) is 25.9 Å². The fraction of sp³-hybridized carbons (Fsp3) is 0.267. The number of benzene rings is 3. The number of aromatic amines is 1. The number of anilines is 1. The Kier molecular flexibility index (Phi) is 8.91. The van der Waals surface area contributed by atoms with E-state index < -0.39 is 17.8 Å². The van der Waals surface area contributed by atoms with Crippen LogP contribution in [0.2, 0.25) is 0 Å². The third-order valence-electron chi connectivity index (χ3n) is 6.48. The highest BCUT2D eigenvalue weighted by Crippen LogP contribution is 2.34. The quantitative estimate of drug-likeness (QED) is 0.237. The monoisotopic (exact) mass is 536 g/mol. The van der Waals surface area contributed by atoms with Crippen LogP contribution in [0.5, 0.6) is 0 Å². The second-order valence-electron chi connectivity index (χ2n) is 9.31. The lowest BCUT2D eigenvalue weighted by Gasteiger charge is -2.28. The van der Waals surface area contributed by atoms with E-state index in [4.69, 9.17) is 0 Å². The Morgan fingerprint density at radius 1 is 0.872 bits per heavy atom. The number of nitrogens with one attached hydrogen (secondary N) is 2. The second-order valence-corrected chi connectivity index (χ2v) is 9.31. The number of aromatic nitrogens is 1. The van der Waals surface area contributed by atoms with Crippen molar-refractivity contribution < 1.29 is 22.8 Å². The van der Waals surface area contributed by atoms with E-state index >= 15 is 0 Å². The van der Waals surface area contributed by atoms with Crippen LogP contribution in [0.4, 0.5) is 23.7 Å². The van der Waals surface area contributed by atoms with Crippen molar-refractivity contribution in [3.8, 4) is 0 Å². The van der Waals surface area contributed by atoms with Crippen LogP contribution >= 0.6 is 0 Å². The summed E-state index contributed by atoms with van der Waals surface area (Å²) in [6, 6.07) is 21.5. The highest BCUT2D eigenvalue weighted by Gasteiger charge is 2.34. The third kappa shape index (κ3) is 7.19. The lowest BCUT2D eigenvalue weighted by Crippen LogP contribution is -2.45. The fourth-order valence-corrected chi connectivity index (χ4v) is 4.51. The van der Waals surface area contributed by atoms with Crippen LogP contribution in [0.25, 0.3) is 10.9 Å². The number of carbonyl (C=O) groups excluding carboxylic acids is 2. The van der Waals surface area contributed by atoms with Gasteiger partial charge in [0.25, 0.3) is 0 Å². The number of alkyl halides is 3. The normalized spacial score (nSPS) is 11.4. The van der Waals surface area contributed by atoms with Gasteiger partial charge >= 0.3 is 12.2 Å². The van der Waals surface area contributed by atoms with Crippen molar-refractivity contribution in [1.82, 2.24) is 14.8 Å². The summed E-state index contributed by atoms with van der Waals surface area (Å²) in [5, 5.41) is 3.45. The summed E-state index contributed by atoms with van der Waals surface area (Å²) in [5.74, 6) is -0.286. The molecule has 4 aromatic rings. The number of hydrogen-bond acceptors (Lipinski definition) is 2. The molecule has 0 aliphatic carbocycles. The predicted molar refractivity (Wildman–Crippen MR) is 146 cm³/mol. The first kappa shape index (κ1) is 27.8. The van der Waals surface area contributed by atoms with E-state index in [1.807, 2.05) is 67.7 Å². The van der Waals surface area contributed by atoms with Crippen molar-refractivity contribution in [2.75, 3.05) is 25.0 Å². The van der Waals surface area contributed by atoms with Crippen molar-refractivity contribution in [1.29, 1.82) is 0 Å². The van der Waals surface area contributed by atoms with Gasteiger partial charge in [-0.3, -0.25) is 4.79 Å². The molecule has 4 rings (SSSR count). The zero-order valence-corrected chi connectivity index (χ0v) is 21.7. The molecule has 204 valence electrons. The third-order valence-corrected chi connectivity index (χ3v) is 6.48. The maximum atomic E-state index is 13.6. The van der Waals surface area contributed by atoms with E-state index in [-0.39, 0.29) is 24.7 Å². The smallest absolute Gasteiger partial charge is 0.361 e. The summed E-state index contributed by atoms with van der Waals surface area (Å²) in [4.78, 5) is 32.8. The lowest BCUT2D eigenvalue weighted by atomic mass is 10.1. The van der Waals surface area contributed by atoms with Gasteiger partial charge in [-0.15, -0.1) is 0 Å². The van der Waals surface area contributed by atoms with Gasteiger partial charge in [-0.25, -0.2) is 4.79 Å². The molecule has 0 saturated carbocycles. The minimum absolute atomic E-state index is 0.216. The number of fused-ring (bicyclic) bond motifs is 1. The molecule has 0 atom stereocenters. The molecule has 0 aliphatic rings. The van der Waals surface area contributed by atoms with Gasteiger partial charge in [0.1, 0.15) is 6.54 Å². The molecule has 0 bridgehead atoms. The first-order valence-corrected chi connectivity index (χ1v) is 12.8. The van der Waals surface area contributed by atoms with Crippen LogP contribution in [0.15, 0.2) is 85.1 Å². The van der Waals surface area contributed by atoms with Gasteiger partial charge in [0, 0.05) is 36.7 Å². The van der Waals surface area contributed by atoms with Gasteiger partial charge in [0.05, 0.1) is 11.3 Å². The molecule has 3 aromatic carbocycles. The topological polar surface area (TPSA) is 68.4 Å². The van der Waals surface area contributed by atoms with Crippen LogP contribution in [-0.4, -0.2) is 46.4 Å². The average Bonchev–Trinajstić information content (AvgIpc) is 3.34. The number of rotatable bonds is 10. The number of nitrogens with zero attached hydrogens (tertiary/aromatic N) is 2. The van der Waals surface area contributed by atoms with E-state index in [2.05, 4.69) is 10.3 Å². The van der Waals surface area contributed by atoms with Gasteiger partial charge < -0.3 is 20.1 Å². The largest absolute Gasteiger partial charge is 0.418 e. The predicted octanol–water partition coefficient (Wildman–Crippen LogP) is 6.70. The van der Waals surface area contributed by atoms with E-state index in [1.54, 1.807) is 4.90 Å². The molecule has 2 N–H and O–H groups in total. The molecule has 0 saturated heterocycles. The van der Waals surface area contributed by atoms with E-state index in [1.165, 1.54) is 23.1 Å². The van der Waals surface area contributed by atoms with E-state index in [9.17, 15) is 22.8 Å². The zero-order chi connectivity index (χ0) is 27.8. The number of H-pyrrole nitrogens is 1. The molecule has 6 nitrogen and oxygen atoms in total. The van der Waals surface area contributed by atoms with Gasteiger partial charge in [0.15, 0.2) is 0 Å². The number of halogens is 3. The second kappa shape index (κ2) is 12.5. The van der Waals surface area contributed by atoms with Crippen LogP contribution < -0.4 is 5.32 Å². The van der Waals surface area contributed by atoms with Gasteiger partial charge in [-0.1, -0.05) is 67.6 Å². The Morgan fingerprint density at radius 2 is 1.56 bits per heavy atom. The standard InChI is InChI=1S/C30H31F3N4O2/c1-2-17-37(29(39)35-27-15-9-7-13-25(27)30(31,32)33)21-28(38)36(20-22-10-4-3-5-11-22)18-16-23-19-34-26-14-8-6-12-24(23)26/h3-15,19,34H,2,16-18,20-21H2,1H3,(H,35,39). The van der Waals surface area contributed by atoms with Crippen molar-refractivity contribution >= 4 is 28.5 Å². The van der Waals surface area contributed by atoms with Crippen molar-refractivity contribution in [3.63, 3.8) is 0 Å². The zero-order valence-electron chi connectivity index (χ0n) is 21.7. The Hall–Kier alpha value is -4.27. The summed E-state index contributed by atoms with van der Waals surface area (Å²) in [6.07, 6.45) is -1.55. The Bertz CT molecular complexity index is 1400.